The van der Waals surface area contributed by atoms with E-state index in [0.29, 0.717) is 38.2 Å². The van der Waals surface area contributed by atoms with Gasteiger partial charge in [-0.1, -0.05) is 30.0 Å². The summed E-state index contributed by atoms with van der Waals surface area (Å²) in [4.78, 5) is 36.1. The molecule has 0 saturated carbocycles. The lowest BCUT2D eigenvalue weighted by atomic mass is 10.1. The molecule has 1 aliphatic rings. The zero-order valence-electron chi connectivity index (χ0n) is 14.2. The van der Waals surface area contributed by atoms with Gasteiger partial charge >= 0.3 is 0 Å². The first-order valence-corrected chi connectivity index (χ1v) is 8.95. The van der Waals surface area contributed by atoms with Gasteiger partial charge in [-0.25, -0.2) is 0 Å². The number of thioether (sulfide) groups is 1. The Bertz CT molecular complexity index is 645. The van der Waals surface area contributed by atoms with Crippen LogP contribution < -0.4 is 10.1 Å². The smallest absolute Gasteiger partial charge is 0.286 e. The SMILES string of the molecule is C=CCCC(=O)N(C)CCOc1ccc(CC2SC(=O)NC2=O)cc1. The number of rotatable bonds is 9. The summed E-state index contributed by atoms with van der Waals surface area (Å²) in [7, 11) is 1.75. The van der Waals surface area contributed by atoms with Crippen molar-refractivity contribution >= 4 is 28.8 Å². The average molecular weight is 362 g/mol. The Morgan fingerprint density at radius 3 is 2.68 bits per heavy atom. The van der Waals surface area contributed by atoms with Crippen molar-refractivity contribution < 1.29 is 19.1 Å². The van der Waals surface area contributed by atoms with Crippen LogP contribution in [0, 0.1) is 0 Å². The van der Waals surface area contributed by atoms with Gasteiger partial charge in [0.05, 0.1) is 11.8 Å². The van der Waals surface area contributed by atoms with Gasteiger partial charge in [0.1, 0.15) is 12.4 Å². The van der Waals surface area contributed by atoms with E-state index in [0.717, 1.165) is 17.3 Å². The van der Waals surface area contributed by atoms with Crippen LogP contribution in [0.25, 0.3) is 0 Å². The number of hydrogen-bond acceptors (Lipinski definition) is 5. The summed E-state index contributed by atoms with van der Waals surface area (Å²) >= 11 is 1.02. The van der Waals surface area contributed by atoms with Crippen molar-refractivity contribution in [3.05, 3.63) is 42.5 Å². The lowest BCUT2D eigenvalue weighted by molar-refractivity contribution is -0.130. The quantitative estimate of drug-likeness (QED) is 0.683. The van der Waals surface area contributed by atoms with E-state index in [4.69, 9.17) is 4.74 Å². The van der Waals surface area contributed by atoms with E-state index in [1.807, 2.05) is 24.3 Å². The summed E-state index contributed by atoms with van der Waals surface area (Å²) in [6, 6.07) is 7.41. The van der Waals surface area contributed by atoms with Gasteiger partial charge in [0.25, 0.3) is 5.24 Å². The van der Waals surface area contributed by atoms with Crippen LogP contribution in [-0.2, 0) is 16.0 Å². The fourth-order valence-corrected chi connectivity index (χ4v) is 3.16. The van der Waals surface area contributed by atoms with Crippen LogP contribution >= 0.6 is 11.8 Å². The maximum Gasteiger partial charge on any atom is 0.286 e. The Kier molecular flexibility index (Phi) is 7.06. The lowest BCUT2D eigenvalue weighted by Gasteiger charge is -2.17. The molecular weight excluding hydrogens is 340 g/mol. The first-order chi connectivity index (χ1) is 12.0. The highest BCUT2D eigenvalue weighted by atomic mass is 32.2. The van der Waals surface area contributed by atoms with Gasteiger partial charge in [-0.3, -0.25) is 19.7 Å². The van der Waals surface area contributed by atoms with Gasteiger partial charge in [0.15, 0.2) is 0 Å². The molecule has 0 radical (unpaired) electrons. The molecule has 1 heterocycles. The molecule has 1 atom stereocenters. The van der Waals surface area contributed by atoms with E-state index in [-0.39, 0.29) is 22.3 Å². The standard InChI is InChI=1S/C18H22N2O4S/c1-3-4-5-16(21)20(2)10-11-24-14-8-6-13(7-9-14)12-15-17(22)19-18(23)25-15/h3,6-9,15H,1,4-5,10-12H2,2H3,(H,19,22,23). The Hall–Kier alpha value is -2.28. The number of nitrogens with one attached hydrogen (secondary N) is 1. The maximum absolute atomic E-state index is 11.8. The molecule has 1 N–H and O–H groups in total. The zero-order chi connectivity index (χ0) is 18.2. The lowest BCUT2D eigenvalue weighted by Crippen LogP contribution is -2.30. The fourth-order valence-electron chi connectivity index (χ4n) is 2.30. The summed E-state index contributed by atoms with van der Waals surface area (Å²) < 4.78 is 5.64. The molecule has 0 spiro atoms. The molecule has 7 heteroatoms. The highest BCUT2D eigenvalue weighted by Crippen LogP contribution is 2.23. The summed E-state index contributed by atoms with van der Waals surface area (Å²) in [5.74, 6) is 0.538. The van der Waals surface area contributed by atoms with Crippen molar-refractivity contribution in [1.82, 2.24) is 10.2 Å². The Morgan fingerprint density at radius 2 is 2.08 bits per heavy atom. The Morgan fingerprint density at radius 1 is 1.36 bits per heavy atom. The van der Waals surface area contributed by atoms with Crippen LogP contribution in [0.3, 0.4) is 0 Å². The van der Waals surface area contributed by atoms with Crippen molar-refractivity contribution in [2.75, 3.05) is 20.2 Å². The largest absolute Gasteiger partial charge is 0.492 e. The monoisotopic (exact) mass is 362 g/mol. The van der Waals surface area contributed by atoms with Crippen LogP contribution in [0.1, 0.15) is 18.4 Å². The second-order valence-corrected chi connectivity index (χ2v) is 6.90. The fraction of sp³-hybridized carbons (Fsp3) is 0.389. The van der Waals surface area contributed by atoms with Crippen LogP contribution in [-0.4, -0.2) is 47.4 Å². The number of imide groups is 1. The van der Waals surface area contributed by atoms with Crippen molar-refractivity contribution in [2.45, 2.75) is 24.5 Å². The van der Waals surface area contributed by atoms with E-state index in [1.54, 1.807) is 18.0 Å². The van der Waals surface area contributed by atoms with E-state index < -0.39 is 0 Å². The Balaban J connectivity index is 1.75. The third-order valence-corrected chi connectivity index (χ3v) is 4.78. The summed E-state index contributed by atoms with van der Waals surface area (Å²) in [5, 5.41) is 1.63. The first kappa shape index (κ1) is 19.1. The molecule has 6 nitrogen and oxygen atoms in total. The number of likely N-dealkylation sites (N-methyl/N-ethyl adjacent to an activating group) is 1. The summed E-state index contributed by atoms with van der Waals surface area (Å²) in [6.45, 7) is 4.53. The number of benzene rings is 1. The molecule has 2 rings (SSSR count). The molecule has 3 amide bonds. The maximum atomic E-state index is 11.8. The predicted molar refractivity (Wildman–Crippen MR) is 97.6 cm³/mol. The van der Waals surface area contributed by atoms with Gasteiger partial charge < -0.3 is 9.64 Å². The number of ether oxygens (including phenoxy) is 1. The van der Waals surface area contributed by atoms with Crippen molar-refractivity contribution in [2.24, 2.45) is 0 Å². The second-order valence-electron chi connectivity index (χ2n) is 5.72. The highest BCUT2D eigenvalue weighted by Gasteiger charge is 2.31. The molecule has 1 fully saturated rings. The van der Waals surface area contributed by atoms with Gasteiger partial charge in [-0.15, -0.1) is 6.58 Å². The minimum atomic E-state index is -0.366. The van der Waals surface area contributed by atoms with Crippen molar-refractivity contribution in [3.63, 3.8) is 0 Å². The predicted octanol–water partition coefficient (Wildman–Crippen LogP) is 2.38. The van der Waals surface area contributed by atoms with E-state index >= 15 is 0 Å². The second kappa shape index (κ2) is 9.27. The molecule has 134 valence electrons. The number of carbonyl (C=O) groups is 3. The van der Waals surface area contributed by atoms with E-state index in [2.05, 4.69) is 11.9 Å². The van der Waals surface area contributed by atoms with Gasteiger partial charge in [0, 0.05) is 13.5 Å². The van der Waals surface area contributed by atoms with Crippen LogP contribution in [0.5, 0.6) is 5.75 Å². The van der Waals surface area contributed by atoms with Crippen molar-refractivity contribution in [1.29, 1.82) is 0 Å². The summed E-state index contributed by atoms with van der Waals surface area (Å²) in [6.07, 6.45) is 3.37. The average Bonchev–Trinajstić information content (AvgIpc) is 2.91. The Labute approximate surface area is 151 Å². The van der Waals surface area contributed by atoms with Gasteiger partial charge in [-0.2, -0.15) is 0 Å². The van der Waals surface area contributed by atoms with Gasteiger partial charge in [-0.05, 0) is 30.5 Å². The first-order valence-electron chi connectivity index (χ1n) is 8.07. The summed E-state index contributed by atoms with van der Waals surface area (Å²) in [5.41, 5.74) is 0.964. The number of carbonyl (C=O) groups excluding carboxylic acids is 3. The molecule has 0 aliphatic carbocycles. The third kappa shape index (κ3) is 5.94. The van der Waals surface area contributed by atoms with E-state index in [9.17, 15) is 14.4 Å². The number of hydrogen-bond donors (Lipinski definition) is 1. The van der Waals surface area contributed by atoms with Gasteiger partial charge in [0.2, 0.25) is 11.8 Å². The molecule has 1 aromatic rings. The van der Waals surface area contributed by atoms with Crippen LogP contribution in [0.15, 0.2) is 36.9 Å². The van der Waals surface area contributed by atoms with Crippen LogP contribution in [0.4, 0.5) is 4.79 Å². The molecule has 1 saturated heterocycles. The molecule has 1 unspecified atom stereocenters. The van der Waals surface area contributed by atoms with Crippen molar-refractivity contribution in [3.8, 4) is 5.75 Å². The molecule has 25 heavy (non-hydrogen) atoms. The number of allylic oxidation sites excluding steroid dienone is 1. The van der Waals surface area contributed by atoms with E-state index in [1.165, 1.54) is 0 Å². The molecule has 1 aliphatic heterocycles. The number of nitrogens with zero attached hydrogens (tertiary/aromatic N) is 1. The zero-order valence-corrected chi connectivity index (χ0v) is 15.0. The highest BCUT2D eigenvalue weighted by molar-refractivity contribution is 8.15. The molecular formula is C18H22N2O4S. The normalized spacial score (nSPS) is 16.4. The molecule has 0 aromatic heterocycles. The third-order valence-electron chi connectivity index (χ3n) is 3.79. The topological polar surface area (TPSA) is 75.7 Å². The molecule has 1 aromatic carbocycles. The minimum Gasteiger partial charge on any atom is -0.492 e. The van der Waals surface area contributed by atoms with Crippen LogP contribution in [0.2, 0.25) is 0 Å². The molecule has 0 bridgehead atoms. The number of amides is 3. The minimum absolute atomic E-state index is 0.0701.